The van der Waals surface area contributed by atoms with Crippen LogP contribution in [0.5, 0.6) is 0 Å². The summed E-state index contributed by atoms with van der Waals surface area (Å²) in [6, 6.07) is 9.83. The highest BCUT2D eigenvalue weighted by Gasteiger charge is 2.39. The number of fused-ring (bicyclic) bond motifs is 1. The fraction of sp³-hybridized carbons (Fsp3) is 0.333. The quantitative estimate of drug-likeness (QED) is 0.406. The van der Waals surface area contributed by atoms with E-state index < -0.39 is 41.0 Å². The third kappa shape index (κ3) is 5.27. The Kier molecular flexibility index (Phi) is 6.51. The summed E-state index contributed by atoms with van der Waals surface area (Å²) in [6.07, 6.45) is -8.03. The molecule has 0 spiro atoms. The number of carbonyl (C=O) groups excluding carboxylic acids is 1. The molecule has 1 amide bonds. The number of para-hydroxylation sites is 1. The molecule has 4 rings (SSSR count). The molecule has 1 atom stereocenters. The molecule has 0 bridgehead atoms. The Morgan fingerprint density at radius 1 is 1.03 bits per heavy atom. The first kappa shape index (κ1) is 24.6. The lowest BCUT2D eigenvalue weighted by Crippen LogP contribution is -2.56. The van der Waals surface area contributed by atoms with Crippen LogP contribution in [0.1, 0.15) is 27.0 Å². The Balaban J connectivity index is 1.70. The maximum absolute atomic E-state index is 13.3. The number of hydrogen-bond donors (Lipinski definition) is 1. The average Bonchev–Trinajstić information content (AvgIpc) is 3.20. The van der Waals surface area contributed by atoms with Crippen molar-refractivity contribution in [2.24, 2.45) is 0 Å². The molecule has 11 heteroatoms. The highest BCUT2D eigenvalue weighted by atomic mass is 19.4. The summed E-state index contributed by atoms with van der Waals surface area (Å²) < 4.78 is 79.9. The predicted octanol–water partition coefficient (Wildman–Crippen LogP) is 5.10. The van der Waals surface area contributed by atoms with Gasteiger partial charge in [-0.2, -0.15) is 31.6 Å². The second-order valence-corrected chi connectivity index (χ2v) is 8.40. The van der Waals surface area contributed by atoms with Gasteiger partial charge >= 0.3 is 12.4 Å². The number of nitrogens with zero attached hydrogens (tertiary/aromatic N) is 3. The first-order valence-electron chi connectivity index (χ1n) is 10.7. The molecule has 1 N–H and O–H groups in total. The van der Waals surface area contributed by atoms with Gasteiger partial charge in [-0.1, -0.05) is 18.2 Å². The van der Waals surface area contributed by atoms with Gasteiger partial charge < -0.3 is 9.88 Å². The first-order chi connectivity index (χ1) is 16.5. The van der Waals surface area contributed by atoms with Gasteiger partial charge in [0.05, 0.1) is 23.7 Å². The van der Waals surface area contributed by atoms with E-state index in [9.17, 15) is 31.1 Å². The van der Waals surface area contributed by atoms with Crippen molar-refractivity contribution >= 4 is 16.8 Å². The van der Waals surface area contributed by atoms with Gasteiger partial charge in [0, 0.05) is 48.3 Å². The fourth-order valence-corrected chi connectivity index (χ4v) is 4.40. The standard InChI is InChI=1S/C24H20F6N4O/c25-23(26,27)17-9-15(10-18(12-17)24(28,29)30)22(35)34-8-7-33(6-5-31)14-19(34)11-16-13-32-21-4-2-1-3-20(16)21/h1-4,9-10,12-13,19,32H,6-8,11,14H2/t19-/m1/s1. The molecular weight excluding hydrogens is 474 g/mol. The van der Waals surface area contributed by atoms with Gasteiger partial charge in [-0.05, 0) is 36.2 Å². The molecule has 1 aliphatic rings. The highest BCUT2D eigenvalue weighted by Crippen LogP contribution is 2.37. The van der Waals surface area contributed by atoms with Crippen molar-refractivity contribution in [1.82, 2.24) is 14.8 Å². The van der Waals surface area contributed by atoms with Crippen LogP contribution in [0.3, 0.4) is 0 Å². The van der Waals surface area contributed by atoms with Crippen LogP contribution in [0.4, 0.5) is 26.3 Å². The number of aromatic nitrogens is 1. The Labute approximate surface area is 196 Å². The number of H-pyrrole nitrogens is 1. The van der Waals surface area contributed by atoms with E-state index in [1.54, 1.807) is 11.1 Å². The van der Waals surface area contributed by atoms with Crippen LogP contribution in [0.15, 0.2) is 48.7 Å². The Hall–Kier alpha value is -3.52. The zero-order chi connectivity index (χ0) is 25.4. The highest BCUT2D eigenvalue weighted by molar-refractivity contribution is 5.95. The minimum atomic E-state index is -5.05. The molecule has 184 valence electrons. The van der Waals surface area contributed by atoms with Crippen LogP contribution in [0, 0.1) is 11.3 Å². The monoisotopic (exact) mass is 494 g/mol. The van der Waals surface area contributed by atoms with E-state index in [0.717, 1.165) is 16.5 Å². The number of amides is 1. The molecule has 0 radical (unpaired) electrons. The van der Waals surface area contributed by atoms with Crippen LogP contribution >= 0.6 is 0 Å². The van der Waals surface area contributed by atoms with Gasteiger partial charge in [0.1, 0.15) is 0 Å². The first-order valence-corrected chi connectivity index (χ1v) is 10.7. The van der Waals surface area contributed by atoms with Crippen molar-refractivity contribution < 1.29 is 31.1 Å². The van der Waals surface area contributed by atoms with Crippen molar-refractivity contribution in [1.29, 1.82) is 5.26 Å². The summed E-state index contributed by atoms with van der Waals surface area (Å²) in [5.41, 5.74) is -2.04. The summed E-state index contributed by atoms with van der Waals surface area (Å²) in [4.78, 5) is 19.6. The lowest BCUT2D eigenvalue weighted by atomic mass is 9.99. The number of alkyl halides is 6. The predicted molar refractivity (Wildman–Crippen MR) is 115 cm³/mol. The van der Waals surface area contributed by atoms with E-state index in [0.29, 0.717) is 18.6 Å². The van der Waals surface area contributed by atoms with Crippen LogP contribution < -0.4 is 0 Å². The van der Waals surface area contributed by atoms with Crippen molar-refractivity contribution in [3.05, 3.63) is 70.9 Å². The van der Waals surface area contributed by atoms with Crippen molar-refractivity contribution in [3.8, 4) is 6.07 Å². The van der Waals surface area contributed by atoms with Crippen LogP contribution in [-0.4, -0.2) is 52.9 Å². The Bertz CT molecular complexity index is 1240. The lowest BCUT2D eigenvalue weighted by molar-refractivity contribution is -0.143. The van der Waals surface area contributed by atoms with Crippen LogP contribution in [0.25, 0.3) is 10.9 Å². The van der Waals surface area contributed by atoms with E-state index >= 15 is 0 Å². The Morgan fingerprint density at radius 2 is 1.69 bits per heavy atom. The van der Waals surface area contributed by atoms with Gasteiger partial charge in [-0.3, -0.25) is 9.69 Å². The molecule has 1 fully saturated rings. The third-order valence-electron chi connectivity index (χ3n) is 6.09. The number of piperazine rings is 1. The Morgan fingerprint density at radius 3 is 2.31 bits per heavy atom. The number of nitrogens with one attached hydrogen (secondary N) is 1. The molecule has 0 aliphatic carbocycles. The summed E-state index contributed by atoms with van der Waals surface area (Å²) in [5, 5.41) is 9.98. The van der Waals surface area contributed by atoms with Crippen LogP contribution in [-0.2, 0) is 18.8 Å². The number of nitriles is 1. The van der Waals surface area contributed by atoms with Gasteiger partial charge in [-0.25, -0.2) is 0 Å². The zero-order valence-corrected chi connectivity index (χ0v) is 18.2. The molecule has 2 aromatic carbocycles. The number of halogens is 6. The van der Waals surface area contributed by atoms with Gasteiger partial charge in [0.15, 0.2) is 0 Å². The second kappa shape index (κ2) is 9.26. The molecule has 1 saturated heterocycles. The summed E-state index contributed by atoms with van der Waals surface area (Å²) >= 11 is 0. The van der Waals surface area contributed by atoms with E-state index in [1.807, 2.05) is 30.3 Å². The fourth-order valence-electron chi connectivity index (χ4n) is 4.40. The van der Waals surface area contributed by atoms with E-state index in [1.165, 1.54) is 4.90 Å². The third-order valence-corrected chi connectivity index (χ3v) is 6.09. The number of aromatic amines is 1. The number of benzene rings is 2. The van der Waals surface area contributed by atoms with Crippen molar-refractivity contribution in [2.75, 3.05) is 26.2 Å². The molecule has 0 saturated carbocycles. The maximum atomic E-state index is 13.3. The minimum Gasteiger partial charge on any atom is -0.361 e. The van der Waals surface area contributed by atoms with Crippen molar-refractivity contribution in [2.45, 2.75) is 24.8 Å². The zero-order valence-electron chi connectivity index (χ0n) is 18.2. The molecule has 1 aliphatic heterocycles. The summed E-state index contributed by atoms with van der Waals surface area (Å²) in [7, 11) is 0. The summed E-state index contributed by atoms with van der Waals surface area (Å²) in [6.45, 7) is 0.679. The topological polar surface area (TPSA) is 63.1 Å². The molecule has 1 aromatic heterocycles. The lowest BCUT2D eigenvalue weighted by Gasteiger charge is -2.41. The van der Waals surface area contributed by atoms with Gasteiger partial charge in [0.2, 0.25) is 0 Å². The molecule has 35 heavy (non-hydrogen) atoms. The molecule has 2 heterocycles. The minimum absolute atomic E-state index is 0.00502. The number of hydrogen-bond acceptors (Lipinski definition) is 3. The average molecular weight is 494 g/mol. The van der Waals surface area contributed by atoms with Crippen molar-refractivity contribution in [3.63, 3.8) is 0 Å². The molecule has 0 unspecified atom stereocenters. The van der Waals surface area contributed by atoms with E-state index in [-0.39, 0.29) is 32.2 Å². The normalized spacial score (nSPS) is 17.5. The number of rotatable bonds is 4. The molecular formula is C24H20F6N4O. The second-order valence-electron chi connectivity index (χ2n) is 8.40. The van der Waals surface area contributed by atoms with E-state index in [2.05, 4.69) is 4.98 Å². The smallest absolute Gasteiger partial charge is 0.361 e. The molecule has 5 nitrogen and oxygen atoms in total. The van der Waals surface area contributed by atoms with Crippen LogP contribution in [0.2, 0.25) is 0 Å². The van der Waals surface area contributed by atoms with E-state index in [4.69, 9.17) is 5.26 Å². The SMILES string of the molecule is N#CCN1CCN(C(=O)c2cc(C(F)(F)F)cc(C(F)(F)F)c2)[C@H](Cc2c[nH]c3ccccc23)C1. The largest absolute Gasteiger partial charge is 0.416 e. The molecule has 3 aromatic rings. The summed E-state index contributed by atoms with van der Waals surface area (Å²) in [5.74, 6) is -0.914. The maximum Gasteiger partial charge on any atom is 0.416 e. The number of carbonyl (C=O) groups is 1. The van der Waals surface area contributed by atoms with Gasteiger partial charge in [0.25, 0.3) is 5.91 Å². The van der Waals surface area contributed by atoms with Gasteiger partial charge in [-0.15, -0.1) is 0 Å².